The minimum atomic E-state index is -4.71. The first-order valence-corrected chi connectivity index (χ1v) is 10.6. The van der Waals surface area contributed by atoms with Crippen molar-refractivity contribution in [2.75, 3.05) is 4.72 Å². The van der Waals surface area contributed by atoms with Gasteiger partial charge >= 0.3 is 6.18 Å². The van der Waals surface area contributed by atoms with Crippen LogP contribution in [0.5, 0.6) is 0 Å². The van der Waals surface area contributed by atoms with Crippen molar-refractivity contribution in [3.63, 3.8) is 0 Å². The van der Waals surface area contributed by atoms with Crippen molar-refractivity contribution in [1.29, 1.82) is 0 Å². The van der Waals surface area contributed by atoms with Gasteiger partial charge in [0.2, 0.25) is 5.76 Å². The van der Waals surface area contributed by atoms with Gasteiger partial charge < -0.3 is 4.52 Å². The summed E-state index contributed by atoms with van der Waals surface area (Å²) in [6.07, 6.45) is -3.89. The molecule has 0 aliphatic heterocycles. The van der Waals surface area contributed by atoms with Gasteiger partial charge in [-0.1, -0.05) is 24.2 Å². The number of nitrogens with zero attached hydrogens (tertiary/aromatic N) is 1. The first kappa shape index (κ1) is 20.4. The molecule has 0 aliphatic carbocycles. The molecule has 0 fully saturated rings. The first-order chi connectivity index (χ1) is 13.0. The van der Waals surface area contributed by atoms with Gasteiger partial charge in [-0.25, -0.2) is 8.42 Å². The molecule has 0 aliphatic rings. The summed E-state index contributed by atoms with van der Waals surface area (Å²) in [6.45, 7) is 5.21. The van der Waals surface area contributed by atoms with E-state index in [1.807, 2.05) is 6.92 Å². The molecule has 1 N–H and O–H groups in total. The normalized spacial score (nSPS) is 12.4. The predicted molar refractivity (Wildman–Crippen MR) is 101 cm³/mol. The third-order valence-electron chi connectivity index (χ3n) is 4.13. The number of benzene rings is 1. The van der Waals surface area contributed by atoms with E-state index in [2.05, 4.69) is 14.4 Å². The number of nitrogens with one attached hydrogen (secondary N) is 1. The van der Waals surface area contributed by atoms with Crippen LogP contribution in [0.25, 0.3) is 11.3 Å². The standard InChI is InChI=1S/C18H17F3N2O3S2/c1-4-12-5-7-13(8-6-12)23-28(24,25)17-11(3)27-10(2)16(17)14-9-15(26-22-14)18(19,20)21/h5-9,23H,4H2,1-3H3. The average molecular weight is 430 g/mol. The van der Waals surface area contributed by atoms with Crippen LogP contribution < -0.4 is 4.72 Å². The molecular weight excluding hydrogens is 413 g/mol. The second-order valence-electron chi connectivity index (χ2n) is 6.15. The Morgan fingerprint density at radius 3 is 2.32 bits per heavy atom. The molecule has 2 aromatic heterocycles. The van der Waals surface area contributed by atoms with Crippen molar-refractivity contribution in [2.24, 2.45) is 0 Å². The van der Waals surface area contributed by atoms with Crippen molar-refractivity contribution in [1.82, 2.24) is 5.16 Å². The van der Waals surface area contributed by atoms with Gasteiger partial charge in [-0.15, -0.1) is 11.3 Å². The molecule has 3 aromatic rings. The first-order valence-electron chi connectivity index (χ1n) is 8.29. The maximum absolute atomic E-state index is 13.0. The Morgan fingerprint density at radius 2 is 1.79 bits per heavy atom. The second-order valence-corrected chi connectivity index (χ2v) is 9.20. The van der Waals surface area contributed by atoms with Crippen LogP contribution in [0.4, 0.5) is 18.9 Å². The van der Waals surface area contributed by atoms with Gasteiger partial charge in [0.1, 0.15) is 10.6 Å². The summed E-state index contributed by atoms with van der Waals surface area (Å²) in [4.78, 5) is 0.875. The molecule has 0 atom stereocenters. The van der Waals surface area contributed by atoms with E-state index in [1.54, 1.807) is 38.1 Å². The molecular formula is C18H17F3N2O3S2. The molecule has 5 nitrogen and oxygen atoms in total. The lowest BCUT2D eigenvalue weighted by atomic mass is 10.1. The van der Waals surface area contributed by atoms with Crippen LogP contribution in [-0.4, -0.2) is 13.6 Å². The number of anilines is 1. The number of halogens is 3. The Kier molecular flexibility index (Phi) is 5.28. The zero-order valence-corrected chi connectivity index (χ0v) is 16.8. The lowest BCUT2D eigenvalue weighted by Gasteiger charge is -2.10. The highest BCUT2D eigenvalue weighted by atomic mass is 32.2. The number of aromatic nitrogens is 1. The minimum Gasteiger partial charge on any atom is -0.351 e. The Morgan fingerprint density at radius 1 is 1.14 bits per heavy atom. The van der Waals surface area contributed by atoms with E-state index in [9.17, 15) is 21.6 Å². The fourth-order valence-electron chi connectivity index (χ4n) is 2.82. The van der Waals surface area contributed by atoms with E-state index >= 15 is 0 Å². The summed E-state index contributed by atoms with van der Waals surface area (Å²) < 4.78 is 71.4. The van der Waals surface area contributed by atoms with Crippen LogP contribution in [0.3, 0.4) is 0 Å². The maximum Gasteiger partial charge on any atom is 0.452 e. The molecule has 0 saturated carbocycles. The summed E-state index contributed by atoms with van der Waals surface area (Å²) in [7, 11) is -4.05. The van der Waals surface area contributed by atoms with Crippen molar-refractivity contribution >= 4 is 27.0 Å². The molecule has 1 aromatic carbocycles. The molecule has 150 valence electrons. The fourth-order valence-corrected chi connectivity index (χ4v) is 5.76. The van der Waals surface area contributed by atoms with Gasteiger partial charge in [0.25, 0.3) is 10.0 Å². The zero-order valence-electron chi connectivity index (χ0n) is 15.2. The second kappa shape index (κ2) is 7.25. The SMILES string of the molecule is CCc1ccc(NS(=O)(=O)c2c(C)sc(C)c2-c2cc(C(F)(F)F)on2)cc1. The van der Waals surface area contributed by atoms with E-state index in [0.29, 0.717) is 21.5 Å². The maximum atomic E-state index is 13.0. The molecule has 0 amide bonds. The molecule has 2 heterocycles. The Hall–Kier alpha value is -2.33. The minimum absolute atomic E-state index is 0.100. The molecule has 0 radical (unpaired) electrons. The van der Waals surface area contributed by atoms with Crippen LogP contribution in [0, 0.1) is 13.8 Å². The number of alkyl halides is 3. The highest BCUT2D eigenvalue weighted by Crippen LogP contribution is 2.41. The third-order valence-corrected chi connectivity index (χ3v) is 6.84. The van der Waals surface area contributed by atoms with Gasteiger partial charge in [0.15, 0.2) is 0 Å². The lowest BCUT2D eigenvalue weighted by molar-refractivity contribution is -0.155. The topological polar surface area (TPSA) is 72.2 Å². The van der Waals surface area contributed by atoms with E-state index in [0.717, 1.165) is 12.0 Å². The molecule has 0 bridgehead atoms. The number of aryl methyl sites for hydroxylation is 3. The molecule has 10 heteroatoms. The molecule has 0 unspecified atom stereocenters. The van der Waals surface area contributed by atoms with Gasteiger partial charge in [0, 0.05) is 27.1 Å². The third kappa shape index (κ3) is 3.93. The van der Waals surface area contributed by atoms with E-state index in [-0.39, 0.29) is 16.2 Å². The summed E-state index contributed by atoms with van der Waals surface area (Å²) in [6, 6.07) is 7.60. The highest BCUT2D eigenvalue weighted by molar-refractivity contribution is 7.93. The van der Waals surface area contributed by atoms with Crippen molar-refractivity contribution < 1.29 is 26.1 Å². The van der Waals surface area contributed by atoms with Crippen molar-refractivity contribution in [3.05, 3.63) is 51.4 Å². The summed E-state index contributed by atoms with van der Waals surface area (Å²) >= 11 is 1.17. The van der Waals surface area contributed by atoms with Crippen molar-refractivity contribution in [2.45, 2.75) is 38.3 Å². The van der Waals surface area contributed by atoms with Gasteiger partial charge in [-0.2, -0.15) is 13.2 Å². The Balaban J connectivity index is 2.05. The number of hydrogen-bond donors (Lipinski definition) is 1. The number of rotatable bonds is 5. The monoisotopic (exact) mass is 430 g/mol. The lowest BCUT2D eigenvalue weighted by Crippen LogP contribution is -2.14. The smallest absolute Gasteiger partial charge is 0.351 e. The molecule has 3 rings (SSSR count). The van der Waals surface area contributed by atoms with E-state index in [1.165, 1.54) is 11.3 Å². The Labute approximate surface area is 164 Å². The van der Waals surface area contributed by atoms with E-state index in [4.69, 9.17) is 0 Å². The number of hydrogen-bond acceptors (Lipinski definition) is 5. The van der Waals surface area contributed by atoms with Crippen LogP contribution >= 0.6 is 11.3 Å². The predicted octanol–water partition coefficient (Wildman–Crippen LogP) is 5.40. The van der Waals surface area contributed by atoms with Crippen LogP contribution in [0.2, 0.25) is 0 Å². The van der Waals surface area contributed by atoms with Crippen molar-refractivity contribution in [3.8, 4) is 11.3 Å². The fraction of sp³-hybridized carbons (Fsp3) is 0.278. The van der Waals surface area contributed by atoms with E-state index < -0.39 is 22.0 Å². The van der Waals surface area contributed by atoms with Crippen LogP contribution in [0.15, 0.2) is 39.8 Å². The summed E-state index contributed by atoms with van der Waals surface area (Å²) in [5.74, 6) is -1.28. The highest BCUT2D eigenvalue weighted by Gasteiger charge is 2.37. The summed E-state index contributed by atoms with van der Waals surface area (Å²) in [5.41, 5.74) is 1.35. The molecule has 0 saturated heterocycles. The van der Waals surface area contributed by atoms with Gasteiger partial charge in [-0.3, -0.25) is 4.72 Å². The number of thiophene rings is 1. The zero-order chi connectivity index (χ0) is 20.7. The average Bonchev–Trinajstić information content (AvgIpc) is 3.19. The summed E-state index contributed by atoms with van der Waals surface area (Å²) in [5, 5.41) is 3.45. The van der Waals surface area contributed by atoms with Gasteiger partial charge in [-0.05, 0) is 38.0 Å². The Bertz CT molecular complexity index is 1100. The van der Waals surface area contributed by atoms with Crippen LogP contribution in [0.1, 0.15) is 28.0 Å². The van der Waals surface area contributed by atoms with Gasteiger partial charge in [0.05, 0.1) is 0 Å². The molecule has 0 spiro atoms. The number of sulfonamides is 1. The molecule has 28 heavy (non-hydrogen) atoms. The van der Waals surface area contributed by atoms with Crippen LogP contribution in [-0.2, 0) is 22.6 Å². The largest absolute Gasteiger partial charge is 0.452 e. The quantitative estimate of drug-likeness (QED) is 0.588.